The zero-order chi connectivity index (χ0) is 24.0. The van der Waals surface area contributed by atoms with Gasteiger partial charge in [0.25, 0.3) is 5.91 Å². The molecule has 2 aromatic rings. The van der Waals surface area contributed by atoms with Crippen LogP contribution >= 0.6 is 0 Å². The summed E-state index contributed by atoms with van der Waals surface area (Å²) in [6.07, 6.45) is 2.92. The molecule has 5 rings (SSSR count). The Bertz CT molecular complexity index is 1110. The first-order chi connectivity index (χ1) is 16.4. The van der Waals surface area contributed by atoms with Gasteiger partial charge in [0.15, 0.2) is 0 Å². The van der Waals surface area contributed by atoms with Gasteiger partial charge in [-0.15, -0.1) is 0 Å². The van der Waals surface area contributed by atoms with Gasteiger partial charge in [0.2, 0.25) is 11.8 Å². The Kier molecular flexibility index (Phi) is 5.90. The highest BCUT2D eigenvalue weighted by Gasteiger charge is 2.54. The van der Waals surface area contributed by atoms with Crippen LogP contribution < -0.4 is 0 Å². The highest BCUT2D eigenvalue weighted by Crippen LogP contribution is 2.44. The maximum Gasteiger partial charge on any atom is 0.253 e. The van der Waals surface area contributed by atoms with Crippen molar-refractivity contribution in [1.82, 2.24) is 14.7 Å². The zero-order valence-corrected chi connectivity index (χ0v) is 19.7. The lowest BCUT2D eigenvalue weighted by atomic mass is 9.73. The number of fused-ring (bicyclic) bond motifs is 1. The summed E-state index contributed by atoms with van der Waals surface area (Å²) in [4.78, 5) is 43.0. The van der Waals surface area contributed by atoms with Crippen LogP contribution in [0.3, 0.4) is 0 Å². The van der Waals surface area contributed by atoms with Gasteiger partial charge in [0.05, 0.1) is 25.2 Å². The van der Waals surface area contributed by atoms with Crippen LogP contribution in [0, 0.1) is 5.92 Å². The molecule has 2 saturated heterocycles. The lowest BCUT2D eigenvalue weighted by molar-refractivity contribution is -0.169. The fourth-order valence-electron chi connectivity index (χ4n) is 5.57. The van der Waals surface area contributed by atoms with E-state index in [1.165, 1.54) is 0 Å². The summed E-state index contributed by atoms with van der Waals surface area (Å²) in [5.41, 5.74) is 3.64. The molecule has 2 aliphatic heterocycles. The van der Waals surface area contributed by atoms with Crippen molar-refractivity contribution in [1.29, 1.82) is 0 Å². The van der Waals surface area contributed by atoms with Crippen LogP contribution in [0.2, 0.25) is 0 Å². The molecule has 34 heavy (non-hydrogen) atoms. The summed E-state index contributed by atoms with van der Waals surface area (Å²) in [5, 5.41) is 10.0. The number of piperazine rings is 1. The van der Waals surface area contributed by atoms with Crippen LogP contribution in [0.15, 0.2) is 48.5 Å². The number of nitrogens with zero attached hydrogens (tertiary/aromatic N) is 3. The Morgan fingerprint density at radius 1 is 1.06 bits per heavy atom. The van der Waals surface area contributed by atoms with Crippen LogP contribution in [-0.2, 0) is 9.59 Å². The number of carbonyl (C=O) groups excluding carboxylic acids is 3. The molecule has 1 N–H and O–H groups in total. The average molecular weight is 462 g/mol. The maximum atomic E-state index is 12.8. The fourth-order valence-corrected chi connectivity index (χ4v) is 5.57. The van der Waals surface area contributed by atoms with Crippen molar-refractivity contribution in [3.05, 3.63) is 59.7 Å². The lowest BCUT2D eigenvalue weighted by Crippen LogP contribution is -2.73. The van der Waals surface area contributed by atoms with E-state index in [4.69, 9.17) is 0 Å². The molecule has 1 saturated carbocycles. The Balaban J connectivity index is 1.36. The van der Waals surface area contributed by atoms with E-state index in [0.29, 0.717) is 12.1 Å². The molecule has 3 amide bonds. The normalized spacial score (nSPS) is 24.2. The Labute approximate surface area is 200 Å². The molecule has 7 nitrogen and oxygen atoms in total. The van der Waals surface area contributed by atoms with Gasteiger partial charge in [-0.25, -0.2) is 0 Å². The van der Waals surface area contributed by atoms with Crippen molar-refractivity contribution >= 4 is 17.7 Å². The van der Waals surface area contributed by atoms with E-state index in [1.807, 2.05) is 48.5 Å². The van der Waals surface area contributed by atoms with Crippen LogP contribution in [0.25, 0.3) is 11.1 Å². The molecule has 3 fully saturated rings. The molecule has 0 unspecified atom stereocenters. The van der Waals surface area contributed by atoms with Gasteiger partial charge >= 0.3 is 0 Å². The first-order valence-electron chi connectivity index (χ1n) is 12.0. The average Bonchev–Trinajstić information content (AvgIpc) is 2.79. The van der Waals surface area contributed by atoms with Crippen molar-refractivity contribution < 1.29 is 19.5 Å². The second-order valence-electron chi connectivity index (χ2n) is 9.89. The van der Waals surface area contributed by atoms with Gasteiger partial charge < -0.3 is 19.8 Å². The zero-order valence-electron chi connectivity index (χ0n) is 19.7. The first kappa shape index (κ1) is 22.6. The summed E-state index contributed by atoms with van der Waals surface area (Å²) in [5.74, 6) is 0.0514. The van der Waals surface area contributed by atoms with Crippen LogP contribution in [-0.4, -0.2) is 83.4 Å². The van der Waals surface area contributed by atoms with Crippen molar-refractivity contribution in [2.75, 3.05) is 33.8 Å². The summed E-state index contributed by atoms with van der Waals surface area (Å²) in [6, 6.07) is 15.3. The predicted molar refractivity (Wildman–Crippen MR) is 128 cm³/mol. The Hall–Kier alpha value is -3.19. The number of amides is 3. The van der Waals surface area contributed by atoms with Gasteiger partial charge in [0.1, 0.15) is 0 Å². The Morgan fingerprint density at radius 2 is 1.79 bits per heavy atom. The molecule has 0 bridgehead atoms. The van der Waals surface area contributed by atoms with E-state index in [2.05, 4.69) is 0 Å². The van der Waals surface area contributed by atoms with Gasteiger partial charge in [-0.05, 0) is 41.7 Å². The van der Waals surface area contributed by atoms with Crippen molar-refractivity contribution in [2.45, 2.75) is 37.3 Å². The number of aliphatic hydroxyl groups excluding tert-OH is 1. The standard InChI is InChI=1S/C27H31N3O4/c1-28(2)26(33)21-8-4-7-20(13-21)17-9-11-18(12-10-17)25-22-14-29(27(34)19-5-3-6-19)15-24(32)30(22)23(25)16-31/h4,7-13,19,22-23,25,31H,3,5-6,14-16H2,1-2H3/t22-,23+,25-/m1/s1. The van der Waals surface area contributed by atoms with Gasteiger partial charge in [-0.2, -0.15) is 0 Å². The van der Waals surface area contributed by atoms with Crippen LogP contribution in [0.1, 0.15) is 41.1 Å². The number of aliphatic hydroxyl groups is 1. The summed E-state index contributed by atoms with van der Waals surface area (Å²) < 4.78 is 0. The number of hydrogen-bond acceptors (Lipinski definition) is 4. The van der Waals surface area contributed by atoms with E-state index >= 15 is 0 Å². The highest BCUT2D eigenvalue weighted by atomic mass is 16.3. The second kappa shape index (κ2) is 8.87. The first-order valence-corrected chi connectivity index (χ1v) is 12.0. The highest BCUT2D eigenvalue weighted by molar-refractivity contribution is 5.95. The third-order valence-corrected chi connectivity index (χ3v) is 7.66. The number of carbonyl (C=O) groups is 3. The molecule has 0 aromatic heterocycles. The number of rotatable bonds is 5. The Morgan fingerprint density at radius 3 is 2.41 bits per heavy atom. The van der Waals surface area contributed by atoms with Crippen molar-refractivity contribution in [3.63, 3.8) is 0 Å². The molecule has 3 aliphatic rings. The smallest absolute Gasteiger partial charge is 0.253 e. The predicted octanol–water partition coefficient (Wildman–Crippen LogP) is 2.35. The molecule has 0 radical (unpaired) electrons. The van der Waals surface area contributed by atoms with Gasteiger partial charge in [-0.3, -0.25) is 14.4 Å². The number of hydrogen-bond donors (Lipinski definition) is 1. The fraction of sp³-hybridized carbons (Fsp3) is 0.444. The van der Waals surface area contributed by atoms with E-state index in [1.54, 1.807) is 28.8 Å². The molecular formula is C27H31N3O4. The second-order valence-corrected chi connectivity index (χ2v) is 9.89. The molecule has 178 valence electrons. The minimum atomic E-state index is -0.259. The molecular weight excluding hydrogens is 430 g/mol. The monoisotopic (exact) mass is 461 g/mol. The van der Waals surface area contributed by atoms with E-state index in [-0.39, 0.29) is 54.8 Å². The molecule has 1 aliphatic carbocycles. The molecule has 2 aromatic carbocycles. The van der Waals surface area contributed by atoms with Crippen molar-refractivity contribution in [2.24, 2.45) is 5.92 Å². The maximum absolute atomic E-state index is 12.8. The van der Waals surface area contributed by atoms with E-state index < -0.39 is 0 Å². The summed E-state index contributed by atoms with van der Waals surface area (Å²) >= 11 is 0. The quantitative estimate of drug-likeness (QED) is 0.741. The molecule has 2 heterocycles. The lowest BCUT2D eigenvalue weighted by Gasteiger charge is -2.59. The van der Waals surface area contributed by atoms with Gasteiger partial charge in [-0.1, -0.05) is 42.8 Å². The minimum absolute atomic E-state index is 0.0124. The molecule has 3 atom stereocenters. The summed E-state index contributed by atoms with van der Waals surface area (Å²) in [7, 11) is 3.47. The molecule has 7 heteroatoms. The molecule has 0 spiro atoms. The minimum Gasteiger partial charge on any atom is -0.394 e. The largest absolute Gasteiger partial charge is 0.394 e. The van der Waals surface area contributed by atoms with Crippen LogP contribution in [0.5, 0.6) is 0 Å². The third kappa shape index (κ3) is 3.78. The third-order valence-electron chi connectivity index (χ3n) is 7.66. The van der Waals surface area contributed by atoms with Gasteiger partial charge in [0, 0.05) is 38.0 Å². The van der Waals surface area contributed by atoms with E-state index in [0.717, 1.165) is 36.0 Å². The van der Waals surface area contributed by atoms with E-state index in [9.17, 15) is 19.5 Å². The topological polar surface area (TPSA) is 81.2 Å². The SMILES string of the molecule is CN(C)C(=O)c1cccc(-c2ccc([C@@H]3[C@H]4CN(C(=O)C5CCC5)CC(=O)N4[C@H]3CO)cc2)c1. The van der Waals surface area contributed by atoms with Crippen molar-refractivity contribution in [3.8, 4) is 11.1 Å². The number of benzene rings is 2. The van der Waals surface area contributed by atoms with Crippen LogP contribution in [0.4, 0.5) is 0 Å². The summed E-state index contributed by atoms with van der Waals surface area (Å²) in [6.45, 7) is 0.550.